The van der Waals surface area contributed by atoms with Crippen molar-refractivity contribution in [2.24, 2.45) is 0 Å². The molecule has 3 rings (SSSR count). The summed E-state index contributed by atoms with van der Waals surface area (Å²) in [5.41, 5.74) is 5.05. The maximum absolute atomic E-state index is 10.9. The Bertz CT molecular complexity index is 1010. The maximum atomic E-state index is 10.9. The van der Waals surface area contributed by atoms with E-state index in [1.807, 2.05) is 33.8 Å². The van der Waals surface area contributed by atoms with Gasteiger partial charge in [0.1, 0.15) is 23.0 Å². The Balaban J connectivity index is 2.13. The molecule has 0 saturated carbocycles. The molecule has 1 aliphatic rings. The van der Waals surface area contributed by atoms with Crippen molar-refractivity contribution in [1.82, 2.24) is 0 Å². The fraction of sp³-hybridized carbons (Fsp3) is 0.333. The van der Waals surface area contributed by atoms with Crippen molar-refractivity contribution in [3.63, 3.8) is 0 Å². The van der Waals surface area contributed by atoms with Crippen LogP contribution in [0.5, 0.6) is 34.5 Å². The molecule has 0 spiro atoms. The zero-order valence-corrected chi connectivity index (χ0v) is 17.6. The van der Waals surface area contributed by atoms with Crippen LogP contribution in [0.4, 0.5) is 0 Å². The summed E-state index contributed by atoms with van der Waals surface area (Å²) in [7, 11) is 1.53. The van der Waals surface area contributed by atoms with Gasteiger partial charge in [0.05, 0.1) is 7.11 Å². The minimum Gasteiger partial charge on any atom is -0.507 e. The second-order valence-corrected chi connectivity index (χ2v) is 7.83. The summed E-state index contributed by atoms with van der Waals surface area (Å²) in [6, 6.07) is 3.05. The first-order valence-electron chi connectivity index (χ1n) is 9.65. The largest absolute Gasteiger partial charge is 0.507 e. The van der Waals surface area contributed by atoms with Crippen molar-refractivity contribution in [1.29, 1.82) is 0 Å². The predicted molar refractivity (Wildman–Crippen MR) is 114 cm³/mol. The first-order valence-corrected chi connectivity index (χ1v) is 9.65. The SMILES string of the molecule is COc1c(O)cc2c(c1CC=C(C)C)Cc1c(cc(O)c(CC=C(C)C)c1O)O2. The summed E-state index contributed by atoms with van der Waals surface area (Å²) in [5.74, 6) is 1.35. The molecule has 3 N–H and O–H groups in total. The normalized spacial score (nSPS) is 11.8. The number of phenols is 3. The number of ether oxygens (including phenoxy) is 2. The number of hydrogen-bond donors (Lipinski definition) is 3. The van der Waals surface area contributed by atoms with E-state index < -0.39 is 0 Å². The van der Waals surface area contributed by atoms with E-state index in [2.05, 4.69) is 6.08 Å². The molecule has 0 aliphatic carbocycles. The molecule has 0 aromatic heterocycles. The van der Waals surface area contributed by atoms with Gasteiger partial charge in [0.15, 0.2) is 11.5 Å². The summed E-state index contributed by atoms with van der Waals surface area (Å²) in [5, 5.41) is 31.7. The lowest BCUT2D eigenvalue weighted by Gasteiger charge is -2.26. The highest BCUT2D eigenvalue weighted by Gasteiger charge is 2.28. The van der Waals surface area contributed by atoms with Crippen LogP contribution in [0.15, 0.2) is 35.4 Å². The van der Waals surface area contributed by atoms with Crippen LogP contribution >= 0.6 is 0 Å². The molecule has 2 aromatic carbocycles. The van der Waals surface area contributed by atoms with Crippen molar-refractivity contribution < 1.29 is 24.8 Å². The zero-order chi connectivity index (χ0) is 21.3. The van der Waals surface area contributed by atoms with Gasteiger partial charge in [0, 0.05) is 40.8 Å². The quantitative estimate of drug-likeness (QED) is 0.495. The summed E-state index contributed by atoms with van der Waals surface area (Å²) in [4.78, 5) is 0. The van der Waals surface area contributed by atoms with Crippen molar-refractivity contribution in [3.8, 4) is 34.5 Å². The molecule has 2 aromatic rings. The Morgan fingerprint density at radius 3 is 2.03 bits per heavy atom. The number of hydrogen-bond acceptors (Lipinski definition) is 5. The lowest BCUT2D eigenvalue weighted by molar-refractivity contribution is 0.362. The van der Waals surface area contributed by atoms with Crippen molar-refractivity contribution in [3.05, 3.63) is 57.7 Å². The molecule has 0 radical (unpaired) electrons. The van der Waals surface area contributed by atoms with Gasteiger partial charge < -0.3 is 24.8 Å². The number of aromatic hydroxyl groups is 3. The molecule has 0 fully saturated rings. The Kier molecular flexibility index (Phi) is 5.78. The fourth-order valence-electron chi connectivity index (χ4n) is 3.54. The summed E-state index contributed by atoms with van der Waals surface area (Å²) < 4.78 is 11.4. The summed E-state index contributed by atoms with van der Waals surface area (Å²) in [6.07, 6.45) is 5.44. The summed E-state index contributed by atoms with van der Waals surface area (Å²) >= 11 is 0. The second kappa shape index (κ2) is 8.11. The molecule has 0 atom stereocenters. The van der Waals surface area contributed by atoms with Gasteiger partial charge in [-0.2, -0.15) is 0 Å². The molecule has 0 amide bonds. The van der Waals surface area contributed by atoms with E-state index in [4.69, 9.17) is 9.47 Å². The number of benzene rings is 2. The average Bonchev–Trinajstić information content (AvgIpc) is 2.64. The minimum absolute atomic E-state index is 0.000443. The van der Waals surface area contributed by atoms with Crippen LogP contribution in [0, 0.1) is 0 Å². The topological polar surface area (TPSA) is 79.2 Å². The highest BCUT2D eigenvalue weighted by atomic mass is 16.5. The Labute approximate surface area is 171 Å². The van der Waals surface area contributed by atoms with Gasteiger partial charge in [-0.25, -0.2) is 0 Å². The first-order chi connectivity index (χ1) is 13.7. The Morgan fingerprint density at radius 2 is 1.45 bits per heavy atom. The number of methoxy groups -OCH3 is 1. The third-order valence-electron chi connectivity index (χ3n) is 5.09. The van der Waals surface area contributed by atoms with Crippen LogP contribution in [-0.4, -0.2) is 22.4 Å². The monoisotopic (exact) mass is 396 g/mol. The number of phenolic OH excluding ortho intramolecular Hbond substituents is 3. The molecular weight excluding hydrogens is 368 g/mol. The van der Waals surface area contributed by atoms with Gasteiger partial charge in [0.25, 0.3) is 0 Å². The van der Waals surface area contributed by atoms with E-state index in [1.54, 1.807) is 0 Å². The third kappa shape index (κ3) is 4.04. The van der Waals surface area contributed by atoms with Crippen molar-refractivity contribution in [2.45, 2.75) is 47.0 Å². The maximum Gasteiger partial charge on any atom is 0.164 e. The Hall–Kier alpha value is -3.08. The molecule has 0 unspecified atom stereocenters. The van der Waals surface area contributed by atoms with Crippen LogP contribution in [0.25, 0.3) is 0 Å². The highest BCUT2D eigenvalue weighted by Crippen LogP contribution is 2.50. The van der Waals surface area contributed by atoms with Gasteiger partial charge in [-0.15, -0.1) is 0 Å². The molecule has 5 nitrogen and oxygen atoms in total. The smallest absolute Gasteiger partial charge is 0.164 e. The van der Waals surface area contributed by atoms with Crippen LogP contribution in [-0.2, 0) is 19.3 Å². The zero-order valence-electron chi connectivity index (χ0n) is 17.6. The van der Waals surface area contributed by atoms with Crippen LogP contribution in [0.3, 0.4) is 0 Å². The standard InChI is InChI=1S/C24H28O5/c1-13(2)6-8-15-17-10-18-22(29-21(17)12-20(26)24(15)28-5)11-19(25)16(23(18)27)9-7-14(3)4/h6-7,11-12,25-27H,8-10H2,1-5H3. The van der Waals surface area contributed by atoms with E-state index in [9.17, 15) is 15.3 Å². The summed E-state index contributed by atoms with van der Waals surface area (Å²) in [6.45, 7) is 7.97. The molecule has 154 valence electrons. The van der Waals surface area contributed by atoms with Gasteiger partial charge in [-0.1, -0.05) is 23.3 Å². The van der Waals surface area contributed by atoms with E-state index in [-0.39, 0.29) is 17.2 Å². The molecule has 0 bridgehead atoms. The average molecular weight is 396 g/mol. The lowest BCUT2D eigenvalue weighted by atomic mass is 9.90. The van der Waals surface area contributed by atoms with Crippen LogP contribution in [0.1, 0.15) is 49.9 Å². The van der Waals surface area contributed by atoms with Crippen LogP contribution < -0.4 is 9.47 Å². The van der Waals surface area contributed by atoms with Crippen molar-refractivity contribution in [2.75, 3.05) is 7.11 Å². The van der Waals surface area contributed by atoms with Gasteiger partial charge in [-0.3, -0.25) is 0 Å². The van der Waals surface area contributed by atoms with Gasteiger partial charge in [0.2, 0.25) is 0 Å². The van der Waals surface area contributed by atoms with E-state index in [1.165, 1.54) is 19.2 Å². The molecular formula is C24H28O5. The van der Waals surface area contributed by atoms with E-state index in [0.717, 1.165) is 22.3 Å². The minimum atomic E-state index is -0.00954. The molecule has 1 aliphatic heterocycles. The van der Waals surface area contributed by atoms with Gasteiger partial charge in [-0.05, 0) is 40.5 Å². The third-order valence-corrected chi connectivity index (χ3v) is 5.09. The lowest BCUT2D eigenvalue weighted by Crippen LogP contribution is -2.09. The molecule has 1 heterocycles. The first kappa shape index (κ1) is 20.6. The molecule has 5 heteroatoms. The number of rotatable bonds is 5. The second-order valence-electron chi connectivity index (χ2n) is 7.83. The van der Waals surface area contributed by atoms with E-state index in [0.29, 0.717) is 47.6 Å². The predicted octanol–water partition coefficient (Wildman–Crippen LogP) is 5.53. The van der Waals surface area contributed by atoms with E-state index >= 15 is 0 Å². The highest BCUT2D eigenvalue weighted by molar-refractivity contribution is 5.66. The number of fused-ring (bicyclic) bond motifs is 2. The molecule has 29 heavy (non-hydrogen) atoms. The molecule has 0 saturated heterocycles. The van der Waals surface area contributed by atoms with Gasteiger partial charge >= 0.3 is 0 Å². The van der Waals surface area contributed by atoms with Crippen LogP contribution in [0.2, 0.25) is 0 Å². The number of allylic oxidation sites excluding steroid dienone is 4. The van der Waals surface area contributed by atoms with Crippen molar-refractivity contribution >= 4 is 0 Å². The Morgan fingerprint density at radius 1 is 0.897 bits per heavy atom. The fourth-order valence-corrected chi connectivity index (χ4v) is 3.54.